The number of rotatable bonds is 6. The molecule has 0 radical (unpaired) electrons. The van der Waals surface area contributed by atoms with Crippen molar-refractivity contribution in [2.24, 2.45) is 0 Å². The third-order valence-electron chi connectivity index (χ3n) is 10.3. The van der Waals surface area contributed by atoms with Gasteiger partial charge in [-0.2, -0.15) is 13.2 Å². The summed E-state index contributed by atoms with van der Waals surface area (Å²) < 4.78 is 63.2. The van der Waals surface area contributed by atoms with Gasteiger partial charge in [0, 0.05) is 60.8 Å². The van der Waals surface area contributed by atoms with Crippen LogP contribution in [0.2, 0.25) is 0 Å². The molecule has 0 aliphatic carbocycles. The molecule has 51 heavy (non-hydrogen) atoms. The number of halogens is 3. The van der Waals surface area contributed by atoms with Gasteiger partial charge in [0.05, 0.1) is 24.8 Å². The van der Waals surface area contributed by atoms with Gasteiger partial charge in [0.25, 0.3) is 0 Å². The van der Waals surface area contributed by atoms with Gasteiger partial charge >= 0.3 is 12.1 Å². The van der Waals surface area contributed by atoms with Crippen LogP contribution in [0.4, 0.5) is 13.2 Å². The summed E-state index contributed by atoms with van der Waals surface area (Å²) in [5, 5.41) is 27.3. The number of phenolic OH excluding ortho intramolecular Hbond substituents is 1. The number of hydrogen-bond acceptors (Lipinski definition) is 10. The van der Waals surface area contributed by atoms with Gasteiger partial charge in [-0.25, -0.2) is 0 Å². The Balaban J connectivity index is 1.34. The number of hydrogen-bond donors (Lipinski definition) is 3. The highest BCUT2D eigenvalue weighted by atomic mass is 19.4. The average Bonchev–Trinajstić information content (AvgIpc) is 3.47. The number of fused-ring (bicyclic) bond motifs is 4. The fraction of sp³-hybridized carbons (Fsp3) is 0.405. The third kappa shape index (κ3) is 5.75. The minimum Gasteiger partial charge on any atom is -0.504 e. The Kier molecular flexibility index (Phi) is 8.47. The second-order valence-corrected chi connectivity index (χ2v) is 13.6. The molecule has 0 aromatic heterocycles. The average molecular weight is 710 g/mol. The van der Waals surface area contributed by atoms with E-state index in [1.807, 2.05) is 29.8 Å². The number of carbonyl (C=O) groups is 2. The Bertz CT molecular complexity index is 1980. The summed E-state index contributed by atoms with van der Waals surface area (Å²) in [7, 11) is 3.36. The van der Waals surface area contributed by atoms with Crippen molar-refractivity contribution >= 4 is 18.0 Å². The molecule has 14 heteroatoms. The Morgan fingerprint density at radius 3 is 2.59 bits per heavy atom. The molecule has 8 rings (SSSR count). The number of nitrogens with one attached hydrogen (secondary N) is 1. The lowest BCUT2D eigenvalue weighted by Crippen LogP contribution is -2.69. The molecule has 1 fully saturated rings. The van der Waals surface area contributed by atoms with Crippen molar-refractivity contribution in [3.63, 3.8) is 0 Å². The predicted octanol–water partition coefficient (Wildman–Crippen LogP) is 4.72. The first-order chi connectivity index (χ1) is 24.1. The molecule has 11 nitrogen and oxygen atoms in total. The van der Waals surface area contributed by atoms with Crippen LogP contribution in [0, 0.1) is 13.8 Å². The number of alkyl halides is 3. The minimum absolute atomic E-state index is 0.0205. The van der Waals surface area contributed by atoms with Crippen LogP contribution >= 0.6 is 0 Å². The van der Waals surface area contributed by atoms with Crippen molar-refractivity contribution in [3.8, 4) is 28.7 Å². The molecule has 5 heterocycles. The number of nitrogens with zero attached hydrogens (tertiary/aromatic N) is 2. The topological polar surface area (TPSA) is 130 Å². The van der Waals surface area contributed by atoms with Crippen molar-refractivity contribution in [1.82, 2.24) is 15.1 Å². The van der Waals surface area contributed by atoms with Crippen LogP contribution in [-0.4, -0.2) is 77.7 Å². The standard InChI is InChI=1S/C37H38F3N3O8/c1-18-11-22-14-36(47)16-42(4)30(28(22)31(46)32(18)48-5)25-13-24-29(35-34(49-17-50-35)19(2)33(24)51-20(3)44)26(43(25)36)15-41-27(45)10-9-21-7-6-8-23(12-21)37(38,39)40/h6-12,25-26,30,46-47H,13-17H2,1-5H3,(H,41,45)/b10-9+/t25?,26-,30-,36+/m0/s1. The van der Waals surface area contributed by atoms with E-state index in [4.69, 9.17) is 18.9 Å². The quantitative estimate of drug-likeness (QED) is 0.188. The van der Waals surface area contributed by atoms with Crippen molar-refractivity contribution in [2.45, 2.75) is 63.6 Å². The van der Waals surface area contributed by atoms with Gasteiger partial charge in [-0.3, -0.25) is 19.4 Å². The first kappa shape index (κ1) is 34.6. The summed E-state index contributed by atoms with van der Waals surface area (Å²) in [6, 6.07) is 4.79. The summed E-state index contributed by atoms with van der Waals surface area (Å²) in [6.45, 7) is 4.90. The summed E-state index contributed by atoms with van der Waals surface area (Å²) >= 11 is 0. The molecule has 0 spiro atoms. The molecule has 5 aliphatic rings. The molecular weight excluding hydrogens is 671 g/mol. The van der Waals surface area contributed by atoms with E-state index in [9.17, 15) is 33.0 Å². The minimum atomic E-state index is -4.53. The molecule has 1 amide bonds. The maximum atomic E-state index is 13.3. The molecule has 2 bridgehead atoms. The number of benzene rings is 3. The molecule has 270 valence electrons. The van der Waals surface area contributed by atoms with E-state index in [0.717, 1.165) is 23.8 Å². The van der Waals surface area contributed by atoms with Crippen LogP contribution < -0.4 is 24.3 Å². The zero-order valence-corrected chi connectivity index (χ0v) is 28.7. The lowest BCUT2D eigenvalue weighted by molar-refractivity contribution is -0.205. The first-order valence-corrected chi connectivity index (χ1v) is 16.5. The summed E-state index contributed by atoms with van der Waals surface area (Å²) in [5.74, 6) is 0.268. The summed E-state index contributed by atoms with van der Waals surface area (Å²) in [6.07, 6.45) is -1.69. The van der Waals surface area contributed by atoms with Gasteiger partial charge in [-0.05, 0) is 62.2 Å². The maximum absolute atomic E-state index is 13.3. The number of aryl methyl sites for hydroxylation is 1. The molecule has 3 aromatic rings. The SMILES string of the molecule is COc1c(C)cc2c(c1O)[C@@H]1C3Cc4c(OC(C)=O)c(C)c5c(c4[C@H](CNC(=O)/C=C/c4cccc(C(F)(F)F)c4)N3[C@@](O)(C2)CN1C)OCO5. The first-order valence-electron chi connectivity index (χ1n) is 16.5. The van der Waals surface area contributed by atoms with E-state index in [-0.39, 0.29) is 44.0 Å². The van der Waals surface area contributed by atoms with E-state index in [2.05, 4.69) is 5.32 Å². The van der Waals surface area contributed by atoms with Gasteiger partial charge in [0.1, 0.15) is 11.5 Å². The van der Waals surface area contributed by atoms with E-state index in [1.165, 1.54) is 32.2 Å². The van der Waals surface area contributed by atoms with Gasteiger partial charge < -0.3 is 34.5 Å². The van der Waals surface area contributed by atoms with Crippen LogP contribution in [0.3, 0.4) is 0 Å². The highest BCUT2D eigenvalue weighted by Crippen LogP contribution is 2.59. The number of aliphatic hydroxyl groups is 1. The maximum Gasteiger partial charge on any atom is 0.416 e. The Morgan fingerprint density at radius 1 is 1.14 bits per heavy atom. The Hall–Kier alpha value is -4.79. The van der Waals surface area contributed by atoms with Crippen LogP contribution in [-0.2, 0) is 28.6 Å². The fourth-order valence-corrected chi connectivity index (χ4v) is 8.51. The lowest BCUT2D eigenvalue weighted by atomic mass is 9.78. The lowest BCUT2D eigenvalue weighted by Gasteiger charge is -2.58. The number of likely N-dealkylation sites (N-methyl/N-ethyl adjacent to an activating group) is 1. The van der Waals surface area contributed by atoms with E-state index in [1.54, 1.807) is 6.92 Å². The van der Waals surface area contributed by atoms with Crippen LogP contribution in [0.15, 0.2) is 36.4 Å². The highest BCUT2D eigenvalue weighted by molar-refractivity contribution is 5.91. The molecule has 1 unspecified atom stereocenters. The summed E-state index contributed by atoms with van der Waals surface area (Å²) in [4.78, 5) is 29.7. The largest absolute Gasteiger partial charge is 0.504 e. The molecular formula is C37H38F3N3O8. The molecule has 3 aromatic carbocycles. The van der Waals surface area contributed by atoms with Crippen molar-refractivity contribution in [3.05, 3.63) is 80.9 Å². The zero-order chi connectivity index (χ0) is 36.6. The van der Waals surface area contributed by atoms with Gasteiger partial charge in [-0.15, -0.1) is 0 Å². The van der Waals surface area contributed by atoms with Crippen molar-refractivity contribution < 1.29 is 51.9 Å². The van der Waals surface area contributed by atoms with E-state index >= 15 is 0 Å². The highest BCUT2D eigenvalue weighted by Gasteiger charge is 2.59. The monoisotopic (exact) mass is 709 g/mol. The number of amides is 1. The fourth-order valence-electron chi connectivity index (χ4n) is 8.51. The third-order valence-corrected chi connectivity index (χ3v) is 10.3. The number of esters is 1. The number of carbonyl (C=O) groups excluding carboxylic acids is 2. The van der Waals surface area contributed by atoms with Crippen LogP contribution in [0.1, 0.15) is 63.5 Å². The van der Waals surface area contributed by atoms with Crippen LogP contribution in [0.25, 0.3) is 6.08 Å². The van der Waals surface area contributed by atoms with Crippen LogP contribution in [0.5, 0.6) is 28.7 Å². The molecule has 5 aliphatic heterocycles. The zero-order valence-electron chi connectivity index (χ0n) is 28.7. The number of aromatic hydroxyl groups is 1. The molecule has 1 saturated heterocycles. The molecule has 4 atom stereocenters. The van der Waals surface area contributed by atoms with Crippen molar-refractivity contribution in [1.29, 1.82) is 0 Å². The smallest absolute Gasteiger partial charge is 0.416 e. The number of methoxy groups -OCH3 is 1. The van der Waals surface area contributed by atoms with Crippen molar-refractivity contribution in [2.75, 3.05) is 34.0 Å². The van der Waals surface area contributed by atoms with E-state index < -0.39 is 47.5 Å². The normalized spacial score (nSPS) is 23.7. The Morgan fingerprint density at radius 2 is 1.88 bits per heavy atom. The van der Waals surface area contributed by atoms with Gasteiger partial charge in [-0.1, -0.05) is 18.2 Å². The number of piperazine rings is 1. The number of phenols is 1. The predicted molar refractivity (Wildman–Crippen MR) is 178 cm³/mol. The van der Waals surface area contributed by atoms with Gasteiger partial charge in [0.15, 0.2) is 23.0 Å². The van der Waals surface area contributed by atoms with E-state index in [0.29, 0.717) is 50.8 Å². The Labute approximate surface area is 292 Å². The molecule has 3 N–H and O–H groups in total. The second-order valence-electron chi connectivity index (χ2n) is 13.6. The van der Waals surface area contributed by atoms with Gasteiger partial charge in [0.2, 0.25) is 12.7 Å². The summed E-state index contributed by atoms with van der Waals surface area (Å²) in [5.41, 5.74) is 1.68. The molecule has 0 saturated carbocycles. The second kappa shape index (κ2) is 12.5. The number of ether oxygens (including phenoxy) is 4.